The minimum atomic E-state index is 0.00122. The Morgan fingerprint density at radius 1 is 1.41 bits per heavy atom. The normalized spacial score (nSPS) is 19.9. The lowest BCUT2D eigenvalue weighted by Crippen LogP contribution is -2.47. The van der Waals surface area contributed by atoms with Crippen molar-refractivity contribution in [3.63, 3.8) is 0 Å². The SMILES string of the molecule is CCC(NC(=O)N1CCOC(c2cccs2)C1)c1cccs1. The van der Waals surface area contributed by atoms with Crippen LogP contribution >= 0.6 is 22.7 Å². The highest BCUT2D eigenvalue weighted by Gasteiger charge is 2.27. The molecule has 0 radical (unpaired) electrons. The second-order valence-corrected chi connectivity index (χ2v) is 7.21. The Morgan fingerprint density at radius 3 is 2.91 bits per heavy atom. The Bertz CT molecular complexity index is 583. The maximum absolute atomic E-state index is 12.5. The molecule has 3 rings (SSSR count). The monoisotopic (exact) mass is 336 g/mol. The van der Waals surface area contributed by atoms with Crippen LogP contribution in [0.15, 0.2) is 35.0 Å². The minimum Gasteiger partial charge on any atom is -0.369 e. The zero-order valence-corrected chi connectivity index (χ0v) is 14.2. The van der Waals surface area contributed by atoms with Gasteiger partial charge in [-0.1, -0.05) is 19.1 Å². The van der Waals surface area contributed by atoms with E-state index in [1.54, 1.807) is 22.7 Å². The van der Waals surface area contributed by atoms with Gasteiger partial charge in [-0.3, -0.25) is 0 Å². The first-order chi connectivity index (χ1) is 10.8. The molecule has 0 bridgehead atoms. The van der Waals surface area contributed by atoms with Crippen molar-refractivity contribution < 1.29 is 9.53 Å². The molecule has 22 heavy (non-hydrogen) atoms. The highest BCUT2D eigenvalue weighted by molar-refractivity contribution is 7.10. The third-order valence-electron chi connectivity index (χ3n) is 3.81. The smallest absolute Gasteiger partial charge is 0.318 e. The molecule has 1 N–H and O–H groups in total. The van der Waals surface area contributed by atoms with E-state index in [2.05, 4.69) is 24.4 Å². The summed E-state index contributed by atoms with van der Waals surface area (Å²) in [6.07, 6.45) is 0.895. The number of urea groups is 1. The Hall–Kier alpha value is -1.37. The Kier molecular flexibility index (Phi) is 5.12. The Balaban J connectivity index is 1.62. The van der Waals surface area contributed by atoms with Gasteiger partial charge in [0.2, 0.25) is 0 Å². The van der Waals surface area contributed by atoms with Crippen LogP contribution < -0.4 is 5.32 Å². The largest absolute Gasteiger partial charge is 0.369 e. The topological polar surface area (TPSA) is 41.6 Å². The molecule has 2 amide bonds. The van der Waals surface area contributed by atoms with Crippen molar-refractivity contribution in [2.75, 3.05) is 19.7 Å². The van der Waals surface area contributed by atoms with Crippen molar-refractivity contribution in [3.8, 4) is 0 Å². The number of nitrogens with zero attached hydrogens (tertiary/aromatic N) is 1. The van der Waals surface area contributed by atoms with E-state index in [1.807, 2.05) is 27.8 Å². The van der Waals surface area contributed by atoms with Crippen LogP contribution in [0.1, 0.15) is 35.2 Å². The maximum atomic E-state index is 12.5. The van der Waals surface area contributed by atoms with Gasteiger partial charge in [-0.2, -0.15) is 0 Å². The van der Waals surface area contributed by atoms with Crippen LogP contribution in [0.5, 0.6) is 0 Å². The van der Waals surface area contributed by atoms with Gasteiger partial charge in [0.15, 0.2) is 0 Å². The predicted molar refractivity (Wildman–Crippen MR) is 90.5 cm³/mol. The van der Waals surface area contributed by atoms with Gasteiger partial charge in [-0.15, -0.1) is 22.7 Å². The van der Waals surface area contributed by atoms with Crippen molar-refractivity contribution in [2.45, 2.75) is 25.5 Å². The summed E-state index contributed by atoms with van der Waals surface area (Å²) >= 11 is 3.36. The van der Waals surface area contributed by atoms with E-state index in [1.165, 1.54) is 9.75 Å². The molecule has 2 atom stereocenters. The fourth-order valence-corrected chi connectivity index (χ4v) is 4.21. The van der Waals surface area contributed by atoms with E-state index in [4.69, 9.17) is 4.74 Å². The summed E-state index contributed by atoms with van der Waals surface area (Å²) in [7, 11) is 0. The zero-order valence-electron chi connectivity index (χ0n) is 12.5. The molecule has 1 fully saturated rings. The van der Waals surface area contributed by atoms with E-state index >= 15 is 0 Å². The molecule has 0 aliphatic carbocycles. The number of hydrogen-bond acceptors (Lipinski definition) is 4. The average Bonchev–Trinajstić information content (AvgIpc) is 3.25. The van der Waals surface area contributed by atoms with E-state index in [-0.39, 0.29) is 18.2 Å². The Labute approximate surface area is 138 Å². The third kappa shape index (κ3) is 3.51. The minimum absolute atomic E-state index is 0.00122. The van der Waals surface area contributed by atoms with Gasteiger partial charge in [0, 0.05) is 16.3 Å². The van der Waals surface area contributed by atoms with Crippen molar-refractivity contribution in [2.24, 2.45) is 0 Å². The predicted octanol–water partition coefficient (Wildman–Crippen LogP) is 4.04. The summed E-state index contributed by atoms with van der Waals surface area (Å²) in [5, 5.41) is 7.24. The van der Waals surface area contributed by atoms with Crippen LogP contribution in [0.25, 0.3) is 0 Å². The molecule has 0 saturated carbocycles. The van der Waals surface area contributed by atoms with Gasteiger partial charge in [0.05, 0.1) is 19.2 Å². The van der Waals surface area contributed by atoms with Crippen molar-refractivity contribution in [3.05, 3.63) is 44.8 Å². The number of nitrogens with one attached hydrogen (secondary N) is 1. The van der Waals surface area contributed by atoms with Crippen LogP contribution in [-0.4, -0.2) is 30.6 Å². The standard InChI is InChI=1S/C16H20N2O2S2/c1-2-12(14-5-3-9-21-14)17-16(19)18-7-8-20-13(11-18)15-6-4-10-22-15/h3-6,9-10,12-13H,2,7-8,11H2,1H3,(H,17,19). The third-order valence-corrected chi connectivity index (χ3v) is 5.76. The van der Waals surface area contributed by atoms with E-state index in [0.29, 0.717) is 19.7 Å². The number of ether oxygens (including phenoxy) is 1. The molecule has 0 aromatic carbocycles. The van der Waals surface area contributed by atoms with Gasteiger partial charge < -0.3 is 15.0 Å². The summed E-state index contributed by atoms with van der Waals surface area (Å²) in [6.45, 7) is 3.95. The molecule has 2 unspecified atom stereocenters. The second kappa shape index (κ2) is 7.26. The van der Waals surface area contributed by atoms with Gasteiger partial charge in [0.1, 0.15) is 6.10 Å². The number of carbonyl (C=O) groups excluding carboxylic acids is 1. The summed E-state index contributed by atoms with van der Waals surface area (Å²) in [6, 6.07) is 8.29. The molecule has 1 aliphatic heterocycles. The molecule has 1 aliphatic rings. The maximum Gasteiger partial charge on any atom is 0.318 e. The highest BCUT2D eigenvalue weighted by atomic mass is 32.1. The first-order valence-corrected chi connectivity index (χ1v) is 9.27. The van der Waals surface area contributed by atoms with Crippen molar-refractivity contribution in [1.29, 1.82) is 0 Å². The quantitative estimate of drug-likeness (QED) is 0.915. The molecule has 2 aromatic rings. The molecule has 2 aromatic heterocycles. The van der Waals surface area contributed by atoms with Crippen molar-refractivity contribution >= 4 is 28.7 Å². The van der Waals surface area contributed by atoms with Crippen LogP contribution in [0.4, 0.5) is 4.79 Å². The Morgan fingerprint density at radius 2 is 2.23 bits per heavy atom. The van der Waals surface area contributed by atoms with Gasteiger partial charge in [-0.05, 0) is 29.3 Å². The molecule has 6 heteroatoms. The average molecular weight is 336 g/mol. The number of morpholine rings is 1. The first kappa shape index (κ1) is 15.5. The van der Waals surface area contributed by atoms with Crippen LogP contribution in [0.3, 0.4) is 0 Å². The van der Waals surface area contributed by atoms with Crippen LogP contribution in [-0.2, 0) is 4.74 Å². The lowest BCUT2D eigenvalue weighted by Gasteiger charge is -2.33. The van der Waals surface area contributed by atoms with Gasteiger partial charge >= 0.3 is 6.03 Å². The van der Waals surface area contributed by atoms with Gasteiger partial charge in [0.25, 0.3) is 0 Å². The molecule has 0 spiro atoms. The first-order valence-electron chi connectivity index (χ1n) is 7.51. The molecule has 4 nitrogen and oxygen atoms in total. The fourth-order valence-electron chi connectivity index (χ4n) is 2.58. The number of carbonyl (C=O) groups is 1. The molecular weight excluding hydrogens is 316 g/mol. The molecular formula is C16H20N2O2S2. The van der Waals surface area contributed by atoms with E-state index in [9.17, 15) is 4.79 Å². The van der Waals surface area contributed by atoms with E-state index in [0.717, 1.165) is 6.42 Å². The van der Waals surface area contributed by atoms with Crippen LogP contribution in [0.2, 0.25) is 0 Å². The molecule has 118 valence electrons. The summed E-state index contributed by atoms with van der Waals surface area (Å²) in [5.41, 5.74) is 0. The van der Waals surface area contributed by atoms with Crippen LogP contribution in [0, 0.1) is 0 Å². The molecule has 1 saturated heterocycles. The van der Waals surface area contributed by atoms with Gasteiger partial charge in [-0.25, -0.2) is 4.79 Å². The van der Waals surface area contributed by atoms with Crippen molar-refractivity contribution in [1.82, 2.24) is 10.2 Å². The lowest BCUT2D eigenvalue weighted by molar-refractivity contribution is -0.0139. The highest BCUT2D eigenvalue weighted by Crippen LogP contribution is 2.27. The second-order valence-electron chi connectivity index (χ2n) is 5.25. The lowest BCUT2D eigenvalue weighted by atomic mass is 10.2. The summed E-state index contributed by atoms with van der Waals surface area (Å²) < 4.78 is 5.80. The number of hydrogen-bond donors (Lipinski definition) is 1. The number of rotatable bonds is 4. The van der Waals surface area contributed by atoms with E-state index < -0.39 is 0 Å². The number of amides is 2. The summed E-state index contributed by atoms with van der Waals surface area (Å²) in [5.74, 6) is 0. The fraction of sp³-hybridized carbons (Fsp3) is 0.438. The number of thiophene rings is 2. The summed E-state index contributed by atoms with van der Waals surface area (Å²) in [4.78, 5) is 16.8. The zero-order chi connectivity index (χ0) is 15.4. The molecule has 3 heterocycles.